The SMILES string of the molecule is CN(C)Cc1sc(Cc2ccccc2)nc1C(=O)O. The number of aromatic carboxylic acids is 1. The quantitative estimate of drug-likeness (QED) is 0.911. The molecule has 0 bridgehead atoms. The van der Waals surface area contributed by atoms with Crippen LogP contribution >= 0.6 is 11.3 Å². The van der Waals surface area contributed by atoms with Gasteiger partial charge in [0, 0.05) is 13.0 Å². The van der Waals surface area contributed by atoms with Crippen molar-refractivity contribution in [1.29, 1.82) is 0 Å². The van der Waals surface area contributed by atoms with Gasteiger partial charge in [0.15, 0.2) is 5.69 Å². The summed E-state index contributed by atoms with van der Waals surface area (Å²) in [5, 5.41) is 10.0. The van der Waals surface area contributed by atoms with Gasteiger partial charge in [0.05, 0.1) is 9.88 Å². The topological polar surface area (TPSA) is 53.4 Å². The van der Waals surface area contributed by atoms with Gasteiger partial charge in [-0.25, -0.2) is 9.78 Å². The fourth-order valence-corrected chi connectivity index (χ4v) is 3.02. The van der Waals surface area contributed by atoms with Crippen LogP contribution in [0.1, 0.15) is 25.9 Å². The summed E-state index contributed by atoms with van der Waals surface area (Å²) in [6.07, 6.45) is 0.680. The average Bonchev–Trinajstić information content (AvgIpc) is 2.72. The minimum Gasteiger partial charge on any atom is -0.476 e. The minimum absolute atomic E-state index is 0.185. The Balaban J connectivity index is 2.25. The molecule has 0 radical (unpaired) electrons. The van der Waals surface area contributed by atoms with Crippen LogP contribution in [0.5, 0.6) is 0 Å². The van der Waals surface area contributed by atoms with Crippen molar-refractivity contribution >= 4 is 17.3 Å². The van der Waals surface area contributed by atoms with Crippen molar-refractivity contribution in [2.24, 2.45) is 0 Å². The summed E-state index contributed by atoms with van der Waals surface area (Å²) in [5.41, 5.74) is 1.33. The van der Waals surface area contributed by atoms with Gasteiger partial charge in [0.2, 0.25) is 0 Å². The molecule has 1 heterocycles. The zero-order valence-electron chi connectivity index (χ0n) is 11.0. The van der Waals surface area contributed by atoms with E-state index in [0.29, 0.717) is 13.0 Å². The number of hydrogen-bond donors (Lipinski definition) is 1. The van der Waals surface area contributed by atoms with Crippen molar-refractivity contribution in [2.75, 3.05) is 14.1 Å². The molecule has 0 spiro atoms. The Labute approximate surface area is 116 Å². The van der Waals surface area contributed by atoms with E-state index in [9.17, 15) is 9.90 Å². The molecule has 1 aromatic carbocycles. The lowest BCUT2D eigenvalue weighted by Crippen LogP contribution is -2.12. The normalized spacial score (nSPS) is 10.9. The van der Waals surface area contributed by atoms with Crippen LogP contribution in [-0.4, -0.2) is 35.1 Å². The maximum absolute atomic E-state index is 11.2. The molecule has 0 atom stereocenters. The van der Waals surface area contributed by atoms with Crippen LogP contribution in [0.4, 0.5) is 0 Å². The summed E-state index contributed by atoms with van der Waals surface area (Å²) in [4.78, 5) is 18.2. The average molecular weight is 276 g/mol. The van der Waals surface area contributed by atoms with Crippen LogP contribution < -0.4 is 0 Å². The third kappa shape index (κ3) is 3.62. The van der Waals surface area contributed by atoms with Gasteiger partial charge in [0.1, 0.15) is 0 Å². The van der Waals surface area contributed by atoms with E-state index in [2.05, 4.69) is 4.98 Å². The van der Waals surface area contributed by atoms with Gasteiger partial charge in [-0.2, -0.15) is 0 Å². The monoisotopic (exact) mass is 276 g/mol. The van der Waals surface area contributed by atoms with Gasteiger partial charge in [0.25, 0.3) is 0 Å². The highest BCUT2D eigenvalue weighted by Crippen LogP contribution is 2.22. The van der Waals surface area contributed by atoms with Crippen LogP contribution in [0.3, 0.4) is 0 Å². The number of aromatic nitrogens is 1. The van der Waals surface area contributed by atoms with Gasteiger partial charge in [-0.1, -0.05) is 30.3 Å². The molecule has 4 nitrogen and oxygen atoms in total. The molecule has 100 valence electrons. The maximum Gasteiger partial charge on any atom is 0.355 e. The van der Waals surface area contributed by atoms with Crippen LogP contribution in [0.2, 0.25) is 0 Å². The number of carboxylic acid groups (broad SMARTS) is 1. The highest BCUT2D eigenvalue weighted by molar-refractivity contribution is 7.11. The molecule has 0 aliphatic rings. The number of carboxylic acids is 1. The van der Waals surface area contributed by atoms with E-state index in [-0.39, 0.29) is 5.69 Å². The Morgan fingerprint density at radius 3 is 2.58 bits per heavy atom. The molecule has 5 heteroatoms. The number of nitrogens with zero attached hydrogens (tertiary/aromatic N) is 2. The Morgan fingerprint density at radius 2 is 2.00 bits per heavy atom. The number of hydrogen-bond acceptors (Lipinski definition) is 4. The smallest absolute Gasteiger partial charge is 0.355 e. The van der Waals surface area contributed by atoms with Crippen molar-refractivity contribution < 1.29 is 9.90 Å². The van der Waals surface area contributed by atoms with Gasteiger partial charge < -0.3 is 10.0 Å². The summed E-state index contributed by atoms with van der Waals surface area (Å²) >= 11 is 1.48. The lowest BCUT2D eigenvalue weighted by molar-refractivity contribution is 0.0689. The number of rotatable bonds is 5. The molecule has 0 aliphatic carbocycles. The number of carbonyl (C=O) groups is 1. The molecule has 0 aliphatic heterocycles. The van der Waals surface area contributed by atoms with Crippen molar-refractivity contribution in [1.82, 2.24) is 9.88 Å². The number of thiazole rings is 1. The summed E-state index contributed by atoms with van der Waals surface area (Å²) in [6, 6.07) is 9.95. The molecular weight excluding hydrogens is 260 g/mol. The largest absolute Gasteiger partial charge is 0.476 e. The molecule has 0 amide bonds. The van der Waals surface area contributed by atoms with Crippen LogP contribution in [0.25, 0.3) is 0 Å². The Kier molecular flexibility index (Phi) is 4.29. The van der Waals surface area contributed by atoms with Gasteiger partial charge in [-0.15, -0.1) is 11.3 Å². The van der Waals surface area contributed by atoms with Crippen LogP contribution in [-0.2, 0) is 13.0 Å². The molecule has 0 saturated heterocycles. The van der Waals surface area contributed by atoms with E-state index in [1.54, 1.807) is 0 Å². The minimum atomic E-state index is -0.951. The third-order valence-electron chi connectivity index (χ3n) is 2.60. The molecular formula is C14H16N2O2S. The summed E-state index contributed by atoms with van der Waals surface area (Å²) in [5.74, 6) is -0.951. The third-order valence-corrected chi connectivity index (χ3v) is 3.64. The standard InChI is InChI=1S/C14H16N2O2S/c1-16(2)9-11-13(14(17)18)15-12(19-11)8-10-6-4-3-5-7-10/h3-7H,8-9H2,1-2H3,(H,17,18). The maximum atomic E-state index is 11.2. The van der Waals surface area contributed by atoms with Crippen molar-refractivity contribution in [2.45, 2.75) is 13.0 Å². The van der Waals surface area contributed by atoms with E-state index in [1.165, 1.54) is 11.3 Å². The first-order valence-corrected chi connectivity index (χ1v) is 6.78. The highest BCUT2D eigenvalue weighted by Gasteiger charge is 2.17. The molecule has 1 aromatic heterocycles. The first-order chi connectivity index (χ1) is 9.06. The molecule has 1 N–H and O–H groups in total. The van der Waals surface area contributed by atoms with E-state index in [1.807, 2.05) is 49.3 Å². The molecule has 0 unspecified atom stereocenters. The fraction of sp³-hybridized carbons (Fsp3) is 0.286. The zero-order chi connectivity index (χ0) is 13.8. The lowest BCUT2D eigenvalue weighted by atomic mass is 10.2. The van der Waals surface area contributed by atoms with Gasteiger partial charge >= 0.3 is 5.97 Å². The van der Waals surface area contributed by atoms with E-state index < -0.39 is 5.97 Å². The molecule has 0 fully saturated rings. The summed E-state index contributed by atoms with van der Waals surface area (Å²) in [7, 11) is 3.84. The summed E-state index contributed by atoms with van der Waals surface area (Å²) < 4.78 is 0. The first kappa shape index (κ1) is 13.7. The molecule has 2 aromatic rings. The predicted molar refractivity (Wildman–Crippen MR) is 75.7 cm³/mol. The predicted octanol–water partition coefficient (Wildman–Crippen LogP) is 2.49. The van der Waals surface area contributed by atoms with Crippen molar-refractivity contribution in [3.05, 3.63) is 51.5 Å². The Morgan fingerprint density at radius 1 is 1.32 bits per heavy atom. The van der Waals surface area contributed by atoms with E-state index in [4.69, 9.17) is 0 Å². The number of benzene rings is 1. The zero-order valence-corrected chi connectivity index (χ0v) is 11.8. The molecule has 0 saturated carbocycles. The Hall–Kier alpha value is -1.72. The van der Waals surface area contributed by atoms with E-state index >= 15 is 0 Å². The van der Waals surface area contributed by atoms with Crippen molar-refractivity contribution in [3.8, 4) is 0 Å². The second kappa shape index (κ2) is 5.95. The fourth-order valence-electron chi connectivity index (χ4n) is 1.81. The first-order valence-electron chi connectivity index (χ1n) is 5.97. The van der Waals surface area contributed by atoms with Gasteiger partial charge in [-0.3, -0.25) is 0 Å². The second-order valence-corrected chi connectivity index (χ2v) is 5.75. The van der Waals surface area contributed by atoms with Crippen LogP contribution in [0.15, 0.2) is 30.3 Å². The second-order valence-electron chi connectivity index (χ2n) is 4.58. The lowest BCUT2D eigenvalue weighted by Gasteiger charge is -2.06. The van der Waals surface area contributed by atoms with E-state index in [0.717, 1.165) is 15.4 Å². The summed E-state index contributed by atoms with van der Waals surface area (Å²) in [6.45, 7) is 0.605. The highest BCUT2D eigenvalue weighted by atomic mass is 32.1. The van der Waals surface area contributed by atoms with Crippen LogP contribution in [0, 0.1) is 0 Å². The molecule has 2 rings (SSSR count). The van der Waals surface area contributed by atoms with Gasteiger partial charge in [-0.05, 0) is 19.7 Å². The Bertz CT molecular complexity index is 564. The molecule has 19 heavy (non-hydrogen) atoms. The van der Waals surface area contributed by atoms with Crippen molar-refractivity contribution in [3.63, 3.8) is 0 Å².